The Hall–Kier alpha value is -1.87. The molecule has 1 aromatic heterocycles. The lowest BCUT2D eigenvalue weighted by Gasteiger charge is -2.27. The zero-order valence-corrected chi connectivity index (χ0v) is 10.4. The quantitative estimate of drug-likeness (QED) is 0.874. The summed E-state index contributed by atoms with van der Waals surface area (Å²) in [6, 6.07) is 10.5. The number of rotatable bonds is 2. The van der Waals surface area contributed by atoms with Crippen LogP contribution in [-0.2, 0) is 6.54 Å². The van der Waals surface area contributed by atoms with Gasteiger partial charge in [-0.05, 0) is 41.0 Å². The molecule has 3 nitrogen and oxygen atoms in total. The first-order chi connectivity index (χ1) is 8.88. The van der Waals surface area contributed by atoms with Crippen LogP contribution in [0.1, 0.15) is 22.6 Å². The van der Waals surface area contributed by atoms with Gasteiger partial charge in [0.15, 0.2) is 0 Å². The highest BCUT2D eigenvalue weighted by Crippen LogP contribution is 2.31. The highest BCUT2D eigenvalue weighted by Gasteiger charge is 2.21. The molecule has 0 saturated heterocycles. The fourth-order valence-electron chi connectivity index (χ4n) is 2.56. The zero-order chi connectivity index (χ0) is 12.4. The minimum absolute atomic E-state index is 0.405. The zero-order valence-electron chi connectivity index (χ0n) is 10.4. The number of fused-ring (bicyclic) bond motifs is 1. The van der Waals surface area contributed by atoms with Gasteiger partial charge in [-0.3, -0.25) is 4.98 Å². The van der Waals surface area contributed by atoms with Gasteiger partial charge < -0.3 is 10.1 Å². The van der Waals surface area contributed by atoms with Crippen LogP contribution in [0.15, 0.2) is 42.7 Å². The van der Waals surface area contributed by atoms with Crippen molar-refractivity contribution >= 4 is 0 Å². The van der Waals surface area contributed by atoms with E-state index in [2.05, 4.69) is 34.6 Å². The average molecular weight is 240 g/mol. The van der Waals surface area contributed by atoms with Crippen LogP contribution < -0.4 is 10.1 Å². The highest BCUT2D eigenvalue weighted by atomic mass is 16.5. The van der Waals surface area contributed by atoms with Crippen molar-refractivity contribution in [2.75, 3.05) is 13.7 Å². The fourth-order valence-corrected chi connectivity index (χ4v) is 2.56. The van der Waals surface area contributed by atoms with Crippen molar-refractivity contribution in [3.05, 3.63) is 59.4 Å². The van der Waals surface area contributed by atoms with Gasteiger partial charge in [0.1, 0.15) is 5.75 Å². The van der Waals surface area contributed by atoms with Gasteiger partial charge in [0.05, 0.1) is 7.11 Å². The highest BCUT2D eigenvalue weighted by molar-refractivity contribution is 5.43. The van der Waals surface area contributed by atoms with Gasteiger partial charge in [-0.15, -0.1) is 0 Å². The van der Waals surface area contributed by atoms with Crippen molar-refractivity contribution in [3.63, 3.8) is 0 Å². The lowest BCUT2D eigenvalue weighted by atomic mass is 9.86. The SMILES string of the molecule is COc1ccc2c(c1)CNCC2c1ccncc1. The molecule has 92 valence electrons. The van der Waals surface area contributed by atoms with Gasteiger partial charge in [-0.25, -0.2) is 0 Å². The van der Waals surface area contributed by atoms with Crippen molar-refractivity contribution in [3.8, 4) is 5.75 Å². The van der Waals surface area contributed by atoms with Gasteiger partial charge in [0.25, 0.3) is 0 Å². The number of ether oxygens (including phenoxy) is 1. The second-order valence-electron chi connectivity index (χ2n) is 4.53. The Labute approximate surface area is 107 Å². The molecule has 0 radical (unpaired) electrons. The van der Waals surface area contributed by atoms with Gasteiger partial charge in [0, 0.05) is 31.4 Å². The predicted molar refractivity (Wildman–Crippen MR) is 70.8 cm³/mol. The molecular formula is C15H16N2O. The minimum Gasteiger partial charge on any atom is -0.497 e. The molecule has 3 heteroatoms. The van der Waals surface area contributed by atoms with E-state index in [1.807, 2.05) is 18.5 Å². The standard InChI is InChI=1S/C15H16N2O/c1-18-13-2-3-14-12(8-13)9-17-10-15(14)11-4-6-16-7-5-11/h2-8,15,17H,9-10H2,1H3. The molecule has 1 unspecified atom stereocenters. The van der Waals surface area contributed by atoms with Crippen LogP contribution in [0.2, 0.25) is 0 Å². The van der Waals surface area contributed by atoms with E-state index >= 15 is 0 Å². The summed E-state index contributed by atoms with van der Waals surface area (Å²) >= 11 is 0. The van der Waals surface area contributed by atoms with E-state index in [1.54, 1.807) is 7.11 Å². The third-order valence-corrected chi connectivity index (χ3v) is 3.50. The Morgan fingerprint density at radius 2 is 2.06 bits per heavy atom. The molecule has 1 aromatic carbocycles. The molecule has 1 atom stereocenters. The Balaban J connectivity index is 2.02. The molecule has 1 aliphatic heterocycles. The lowest BCUT2D eigenvalue weighted by molar-refractivity contribution is 0.413. The Bertz CT molecular complexity index is 539. The molecule has 18 heavy (non-hydrogen) atoms. The van der Waals surface area contributed by atoms with Crippen LogP contribution in [0, 0.1) is 0 Å². The van der Waals surface area contributed by atoms with E-state index in [0.717, 1.165) is 18.8 Å². The van der Waals surface area contributed by atoms with E-state index in [4.69, 9.17) is 4.74 Å². The summed E-state index contributed by atoms with van der Waals surface area (Å²) in [6.45, 7) is 1.89. The lowest BCUT2D eigenvalue weighted by Crippen LogP contribution is -2.28. The van der Waals surface area contributed by atoms with E-state index in [-0.39, 0.29) is 0 Å². The number of benzene rings is 1. The second kappa shape index (κ2) is 4.78. The number of pyridine rings is 1. The Morgan fingerprint density at radius 1 is 1.22 bits per heavy atom. The van der Waals surface area contributed by atoms with Gasteiger partial charge in [-0.2, -0.15) is 0 Å². The van der Waals surface area contributed by atoms with E-state index in [9.17, 15) is 0 Å². The molecule has 0 bridgehead atoms. The number of nitrogens with one attached hydrogen (secondary N) is 1. The van der Waals surface area contributed by atoms with Crippen molar-refractivity contribution < 1.29 is 4.74 Å². The number of hydrogen-bond acceptors (Lipinski definition) is 3. The molecule has 0 amide bonds. The summed E-state index contributed by atoms with van der Waals surface area (Å²) in [5.74, 6) is 1.33. The number of methoxy groups -OCH3 is 1. The molecule has 0 aliphatic carbocycles. The fraction of sp³-hybridized carbons (Fsp3) is 0.267. The molecule has 0 fully saturated rings. The summed E-state index contributed by atoms with van der Waals surface area (Å²) in [5, 5.41) is 3.46. The topological polar surface area (TPSA) is 34.1 Å². The maximum Gasteiger partial charge on any atom is 0.119 e. The van der Waals surface area contributed by atoms with Gasteiger partial charge in [0.2, 0.25) is 0 Å². The minimum atomic E-state index is 0.405. The largest absolute Gasteiger partial charge is 0.497 e. The van der Waals surface area contributed by atoms with Crippen molar-refractivity contribution in [2.45, 2.75) is 12.5 Å². The normalized spacial score (nSPS) is 18.2. The molecule has 0 saturated carbocycles. The number of nitrogens with zero attached hydrogens (tertiary/aromatic N) is 1. The first-order valence-electron chi connectivity index (χ1n) is 6.16. The Kier molecular flexibility index (Phi) is 2.99. The summed E-state index contributed by atoms with van der Waals surface area (Å²) in [4.78, 5) is 4.08. The van der Waals surface area contributed by atoms with Gasteiger partial charge in [-0.1, -0.05) is 6.07 Å². The molecule has 0 spiro atoms. The van der Waals surface area contributed by atoms with Crippen LogP contribution in [0.4, 0.5) is 0 Å². The predicted octanol–water partition coefficient (Wildman–Crippen LogP) is 2.33. The molecule has 2 aromatic rings. The first-order valence-corrected chi connectivity index (χ1v) is 6.16. The van der Waals surface area contributed by atoms with Crippen LogP contribution >= 0.6 is 0 Å². The molecule has 3 rings (SSSR count). The average Bonchev–Trinajstić information content (AvgIpc) is 2.47. The van der Waals surface area contributed by atoms with E-state index in [1.165, 1.54) is 16.7 Å². The number of hydrogen-bond donors (Lipinski definition) is 1. The summed E-state index contributed by atoms with van der Waals surface area (Å²) in [5.41, 5.74) is 4.02. The maximum atomic E-state index is 5.28. The van der Waals surface area contributed by atoms with Crippen LogP contribution in [0.3, 0.4) is 0 Å². The van der Waals surface area contributed by atoms with Crippen LogP contribution in [-0.4, -0.2) is 18.6 Å². The van der Waals surface area contributed by atoms with Crippen molar-refractivity contribution in [2.24, 2.45) is 0 Å². The maximum absolute atomic E-state index is 5.28. The summed E-state index contributed by atoms with van der Waals surface area (Å²) in [6.07, 6.45) is 3.71. The third kappa shape index (κ3) is 1.97. The van der Waals surface area contributed by atoms with Crippen LogP contribution in [0.5, 0.6) is 5.75 Å². The Morgan fingerprint density at radius 3 is 2.83 bits per heavy atom. The van der Waals surface area contributed by atoms with E-state index in [0.29, 0.717) is 5.92 Å². The summed E-state index contributed by atoms with van der Waals surface area (Å²) in [7, 11) is 1.71. The third-order valence-electron chi connectivity index (χ3n) is 3.50. The van der Waals surface area contributed by atoms with E-state index < -0.39 is 0 Å². The molecule has 1 aliphatic rings. The monoisotopic (exact) mass is 240 g/mol. The van der Waals surface area contributed by atoms with Crippen molar-refractivity contribution in [1.82, 2.24) is 10.3 Å². The molecular weight excluding hydrogens is 224 g/mol. The second-order valence-corrected chi connectivity index (χ2v) is 4.53. The van der Waals surface area contributed by atoms with Crippen molar-refractivity contribution in [1.29, 1.82) is 0 Å². The van der Waals surface area contributed by atoms with Crippen LogP contribution in [0.25, 0.3) is 0 Å². The number of aromatic nitrogens is 1. The smallest absolute Gasteiger partial charge is 0.119 e. The molecule has 2 heterocycles. The van der Waals surface area contributed by atoms with Gasteiger partial charge >= 0.3 is 0 Å². The first kappa shape index (κ1) is 11.2. The molecule has 1 N–H and O–H groups in total. The summed E-state index contributed by atoms with van der Waals surface area (Å²) < 4.78 is 5.28.